The number of halogens is 1. The van der Waals surface area contributed by atoms with Gasteiger partial charge in [0.25, 0.3) is 0 Å². The average molecular weight is 309 g/mol. The molecule has 116 valence electrons. The van der Waals surface area contributed by atoms with Crippen LogP contribution in [0.3, 0.4) is 0 Å². The third kappa shape index (κ3) is 3.58. The van der Waals surface area contributed by atoms with Crippen molar-refractivity contribution in [3.63, 3.8) is 0 Å². The summed E-state index contributed by atoms with van der Waals surface area (Å²) < 4.78 is 0. The molecule has 3 nitrogen and oxygen atoms in total. The second-order valence-corrected chi connectivity index (χ2v) is 6.31. The Hall–Kier alpha value is -1.06. The summed E-state index contributed by atoms with van der Waals surface area (Å²) in [5, 5.41) is 0. The second kappa shape index (κ2) is 7.28. The van der Waals surface area contributed by atoms with Crippen LogP contribution in [0.5, 0.6) is 0 Å². The Morgan fingerprint density at radius 1 is 1.19 bits per heavy atom. The van der Waals surface area contributed by atoms with Gasteiger partial charge in [0, 0.05) is 25.4 Å². The van der Waals surface area contributed by atoms with Crippen LogP contribution in [0.2, 0.25) is 0 Å². The molecule has 0 aromatic heterocycles. The van der Waals surface area contributed by atoms with Gasteiger partial charge >= 0.3 is 0 Å². The molecule has 2 N–H and O–H groups in total. The van der Waals surface area contributed by atoms with Gasteiger partial charge in [-0.3, -0.25) is 4.79 Å². The van der Waals surface area contributed by atoms with Crippen LogP contribution in [0.15, 0.2) is 30.3 Å². The van der Waals surface area contributed by atoms with Crippen molar-refractivity contribution in [1.29, 1.82) is 0 Å². The summed E-state index contributed by atoms with van der Waals surface area (Å²) in [4.78, 5) is 14.4. The Balaban J connectivity index is 0.00000161. The first-order chi connectivity index (χ1) is 9.78. The maximum Gasteiger partial charge on any atom is 0.222 e. The van der Waals surface area contributed by atoms with Crippen molar-refractivity contribution in [2.75, 3.05) is 19.6 Å². The molecular weight excluding hydrogens is 284 g/mol. The SMILES string of the molecule is Cl.NC[C@@H]1CN(C(=O)CC2CCC2)C[C@H]1c1ccccc1. The van der Waals surface area contributed by atoms with Crippen molar-refractivity contribution in [3.8, 4) is 0 Å². The molecule has 1 aliphatic heterocycles. The van der Waals surface area contributed by atoms with Gasteiger partial charge in [-0.1, -0.05) is 36.8 Å². The lowest BCUT2D eigenvalue weighted by molar-refractivity contribution is -0.131. The predicted octanol–water partition coefficient (Wildman–Crippen LogP) is 2.80. The number of amides is 1. The minimum absolute atomic E-state index is 0. The van der Waals surface area contributed by atoms with Crippen molar-refractivity contribution in [1.82, 2.24) is 4.90 Å². The van der Waals surface area contributed by atoms with Crippen LogP contribution in [-0.2, 0) is 4.79 Å². The van der Waals surface area contributed by atoms with Crippen LogP contribution in [0, 0.1) is 11.8 Å². The molecule has 1 amide bonds. The lowest BCUT2D eigenvalue weighted by Crippen LogP contribution is -2.32. The molecule has 0 spiro atoms. The highest BCUT2D eigenvalue weighted by molar-refractivity contribution is 5.85. The van der Waals surface area contributed by atoms with E-state index in [1.54, 1.807) is 0 Å². The van der Waals surface area contributed by atoms with Crippen LogP contribution in [0.25, 0.3) is 0 Å². The van der Waals surface area contributed by atoms with Gasteiger partial charge in [0.2, 0.25) is 5.91 Å². The topological polar surface area (TPSA) is 46.3 Å². The van der Waals surface area contributed by atoms with Crippen LogP contribution in [0.4, 0.5) is 0 Å². The number of carbonyl (C=O) groups is 1. The molecule has 1 saturated heterocycles. The monoisotopic (exact) mass is 308 g/mol. The van der Waals surface area contributed by atoms with Gasteiger partial charge in [0.15, 0.2) is 0 Å². The number of likely N-dealkylation sites (tertiary alicyclic amines) is 1. The Labute approximate surface area is 133 Å². The summed E-state index contributed by atoms with van der Waals surface area (Å²) in [6, 6.07) is 10.5. The summed E-state index contributed by atoms with van der Waals surface area (Å²) >= 11 is 0. The number of nitrogens with zero attached hydrogens (tertiary/aromatic N) is 1. The highest BCUT2D eigenvalue weighted by atomic mass is 35.5. The van der Waals surface area contributed by atoms with E-state index in [2.05, 4.69) is 24.3 Å². The zero-order valence-corrected chi connectivity index (χ0v) is 13.2. The standard InChI is InChI=1S/C17H24N2O.ClH/c18-10-15-11-19(17(20)9-13-5-4-6-13)12-16(15)14-7-2-1-3-8-14;/h1-3,7-8,13,15-16H,4-6,9-12,18H2;1H/t15-,16+;/m1./s1. The summed E-state index contributed by atoms with van der Waals surface area (Å²) in [7, 11) is 0. The van der Waals surface area contributed by atoms with Gasteiger partial charge < -0.3 is 10.6 Å². The smallest absolute Gasteiger partial charge is 0.222 e. The fourth-order valence-corrected chi connectivity index (χ4v) is 3.46. The van der Waals surface area contributed by atoms with E-state index in [9.17, 15) is 4.79 Å². The number of carbonyl (C=O) groups excluding carboxylic acids is 1. The molecule has 1 heterocycles. The lowest BCUT2D eigenvalue weighted by Gasteiger charge is -2.27. The molecular formula is C17H25ClN2O. The molecule has 1 saturated carbocycles. The first-order valence-electron chi connectivity index (χ1n) is 7.80. The summed E-state index contributed by atoms with van der Waals surface area (Å²) in [5.41, 5.74) is 7.25. The van der Waals surface area contributed by atoms with E-state index < -0.39 is 0 Å². The van der Waals surface area contributed by atoms with E-state index in [1.165, 1.54) is 24.8 Å². The minimum atomic E-state index is 0. The molecule has 4 heteroatoms. The number of rotatable bonds is 4. The van der Waals surface area contributed by atoms with Crippen LogP contribution >= 0.6 is 12.4 Å². The largest absolute Gasteiger partial charge is 0.342 e. The van der Waals surface area contributed by atoms with E-state index in [-0.39, 0.29) is 12.4 Å². The number of benzene rings is 1. The highest BCUT2D eigenvalue weighted by Crippen LogP contribution is 2.34. The van der Waals surface area contributed by atoms with Gasteiger partial charge in [-0.15, -0.1) is 12.4 Å². The number of hydrogen-bond acceptors (Lipinski definition) is 2. The first kappa shape index (κ1) is 16.3. The van der Waals surface area contributed by atoms with Crippen LogP contribution in [0.1, 0.15) is 37.2 Å². The number of hydrogen-bond donors (Lipinski definition) is 1. The highest BCUT2D eigenvalue weighted by Gasteiger charge is 2.36. The van der Waals surface area contributed by atoms with Gasteiger partial charge in [-0.2, -0.15) is 0 Å². The van der Waals surface area contributed by atoms with E-state index in [0.29, 0.717) is 30.2 Å². The molecule has 1 aromatic carbocycles. The fraction of sp³-hybridized carbons (Fsp3) is 0.588. The molecule has 2 atom stereocenters. The molecule has 0 radical (unpaired) electrons. The molecule has 2 aliphatic rings. The van der Waals surface area contributed by atoms with Crippen molar-refractivity contribution < 1.29 is 4.79 Å². The van der Waals surface area contributed by atoms with Crippen molar-refractivity contribution in [2.24, 2.45) is 17.6 Å². The summed E-state index contributed by atoms with van der Waals surface area (Å²) in [6.07, 6.45) is 4.53. The average Bonchev–Trinajstić information content (AvgIpc) is 2.88. The van der Waals surface area contributed by atoms with E-state index in [4.69, 9.17) is 5.73 Å². The normalized spacial score (nSPS) is 25.3. The van der Waals surface area contributed by atoms with Gasteiger partial charge in [0.1, 0.15) is 0 Å². The Bertz CT molecular complexity index is 461. The van der Waals surface area contributed by atoms with Crippen molar-refractivity contribution in [2.45, 2.75) is 31.6 Å². The van der Waals surface area contributed by atoms with Crippen LogP contribution in [-0.4, -0.2) is 30.4 Å². The molecule has 2 fully saturated rings. The zero-order valence-electron chi connectivity index (χ0n) is 12.4. The maximum atomic E-state index is 12.4. The minimum Gasteiger partial charge on any atom is -0.342 e. The maximum absolute atomic E-state index is 12.4. The van der Waals surface area contributed by atoms with Crippen molar-refractivity contribution in [3.05, 3.63) is 35.9 Å². The molecule has 1 aromatic rings. The van der Waals surface area contributed by atoms with E-state index >= 15 is 0 Å². The Kier molecular flexibility index (Phi) is 5.65. The lowest BCUT2D eigenvalue weighted by atomic mass is 9.83. The van der Waals surface area contributed by atoms with Crippen molar-refractivity contribution >= 4 is 18.3 Å². The van der Waals surface area contributed by atoms with Gasteiger partial charge in [-0.05, 0) is 36.8 Å². The third-order valence-corrected chi connectivity index (χ3v) is 5.01. The second-order valence-electron chi connectivity index (χ2n) is 6.31. The van der Waals surface area contributed by atoms with E-state index in [1.807, 2.05) is 11.0 Å². The summed E-state index contributed by atoms with van der Waals surface area (Å²) in [5.74, 6) is 1.80. The molecule has 0 bridgehead atoms. The van der Waals surface area contributed by atoms with Gasteiger partial charge in [-0.25, -0.2) is 0 Å². The van der Waals surface area contributed by atoms with Crippen LogP contribution < -0.4 is 5.73 Å². The first-order valence-corrected chi connectivity index (χ1v) is 7.80. The summed E-state index contributed by atoms with van der Waals surface area (Å²) in [6.45, 7) is 2.34. The third-order valence-electron chi connectivity index (χ3n) is 5.01. The molecule has 0 unspecified atom stereocenters. The Morgan fingerprint density at radius 3 is 2.48 bits per heavy atom. The quantitative estimate of drug-likeness (QED) is 0.929. The van der Waals surface area contributed by atoms with Gasteiger partial charge in [0.05, 0.1) is 0 Å². The number of nitrogens with two attached hydrogens (primary N) is 1. The zero-order chi connectivity index (χ0) is 13.9. The van der Waals surface area contributed by atoms with E-state index in [0.717, 1.165) is 19.5 Å². The fourth-order valence-electron chi connectivity index (χ4n) is 3.46. The predicted molar refractivity (Wildman–Crippen MR) is 87.5 cm³/mol. The Morgan fingerprint density at radius 2 is 1.90 bits per heavy atom. The molecule has 1 aliphatic carbocycles. The molecule has 3 rings (SSSR count). The molecule has 21 heavy (non-hydrogen) atoms.